The zero-order valence-corrected chi connectivity index (χ0v) is 9.05. The molecule has 1 fully saturated rings. The number of aryl methyl sites for hydroxylation is 1. The first-order valence-electron chi connectivity index (χ1n) is 5.12. The van der Waals surface area contributed by atoms with Gasteiger partial charge in [0.15, 0.2) is 0 Å². The van der Waals surface area contributed by atoms with Crippen LogP contribution in [0.2, 0.25) is 0 Å². The van der Waals surface area contributed by atoms with Gasteiger partial charge in [0.05, 0.1) is 31.2 Å². The third-order valence-corrected chi connectivity index (χ3v) is 2.64. The largest absolute Gasteiger partial charge is 0.478 e. The Balaban J connectivity index is 2.02. The van der Waals surface area contributed by atoms with E-state index in [1.807, 2.05) is 0 Å². The number of hydrogen-bond acceptors (Lipinski definition) is 4. The van der Waals surface area contributed by atoms with Crippen molar-refractivity contribution in [1.82, 2.24) is 9.78 Å². The summed E-state index contributed by atoms with van der Waals surface area (Å²) in [5.74, 6) is -0.977. The predicted octanol–water partition coefficient (Wildman–Crippen LogP) is 0.424. The van der Waals surface area contributed by atoms with Crippen molar-refractivity contribution in [2.45, 2.75) is 19.1 Å². The summed E-state index contributed by atoms with van der Waals surface area (Å²) >= 11 is 0. The minimum atomic E-state index is -0.977. The molecule has 1 N–H and O–H groups in total. The van der Waals surface area contributed by atoms with Crippen LogP contribution in [0, 0.1) is 0 Å². The van der Waals surface area contributed by atoms with Gasteiger partial charge >= 0.3 is 5.97 Å². The molecule has 1 saturated heterocycles. The molecule has 0 radical (unpaired) electrons. The van der Waals surface area contributed by atoms with Crippen molar-refractivity contribution in [3.8, 4) is 0 Å². The predicted molar refractivity (Wildman–Crippen MR) is 54.2 cm³/mol. The summed E-state index contributed by atoms with van der Waals surface area (Å²) in [5.41, 5.74) is 0.779. The second-order valence-corrected chi connectivity index (χ2v) is 3.73. The molecule has 0 saturated carbocycles. The SMILES string of the molecule is Cn1ncc(C(=O)O)c1COC1CCOC1. The fourth-order valence-electron chi connectivity index (χ4n) is 1.65. The first-order chi connectivity index (χ1) is 7.68. The Bertz CT molecular complexity index is 382. The first-order valence-corrected chi connectivity index (χ1v) is 5.12. The van der Waals surface area contributed by atoms with Gasteiger partial charge in [-0.15, -0.1) is 0 Å². The smallest absolute Gasteiger partial charge is 0.339 e. The van der Waals surface area contributed by atoms with Crippen molar-refractivity contribution in [2.75, 3.05) is 13.2 Å². The number of aromatic carboxylic acids is 1. The van der Waals surface area contributed by atoms with Crippen molar-refractivity contribution in [3.63, 3.8) is 0 Å². The van der Waals surface area contributed by atoms with Crippen LogP contribution in [0.25, 0.3) is 0 Å². The van der Waals surface area contributed by atoms with Gasteiger partial charge in [0, 0.05) is 13.7 Å². The Morgan fingerprint density at radius 2 is 2.62 bits per heavy atom. The molecule has 16 heavy (non-hydrogen) atoms. The summed E-state index contributed by atoms with van der Waals surface area (Å²) < 4.78 is 12.3. The molecule has 0 aromatic carbocycles. The van der Waals surface area contributed by atoms with E-state index in [1.54, 1.807) is 7.05 Å². The molecule has 0 aliphatic carbocycles. The molecule has 1 aromatic rings. The molecule has 2 rings (SSSR count). The second kappa shape index (κ2) is 4.63. The number of carboxylic acid groups (broad SMARTS) is 1. The van der Waals surface area contributed by atoms with Gasteiger partial charge in [0.25, 0.3) is 0 Å². The number of carboxylic acids is 1. The van der Waals surface area contributed by atoms with Crippen LogP contribution in [0.5, 0.6) is 0 Å². The van der Waals surface area contributed by atoms with Gasteiger partial charge in [-0.1, -0.05) is 0 Å². The second-order valence-electron chi connectivity index (χ2n) is 3.73. The van der Waals surface area contributed by atoms with Gasteiger partial charge in [0.2, 0.25) is 0 Å². The van der Waals surface area contributed by atoms with Gasteiger partial charge in [-0.05, 0) is 6.42 Å². The highest BCUT2D eigenvalue weighted by atomic mass is 16.5. The minimum Gasteiger partial charge on any atom is -0.478 e. The Morgan fingerprint density at radius 3 is 3.25 bits per heavy atom. The van der Waals surface area contributed by atoms with Crippen LogP contribution in [0.1, 0.15) is 22.5 Å². The molecule has 1 atom stereocenters. The maximum Gasteiger partial charge on any atom is 0.339 e. The fraction of sp³-hybridized carbons (Fsp3) is 0.600. The summed E-state index contributed by atoms with van der Waals surface area (Å²) in [6.07, 6.45) is 2.27. The standard InChI is InChI=1S/C10H14N2O4/c1-12-9(8(4-11-12)10(13)14)6-16-7-2-3-15-5-7/h4,7H,2-3,5-6H2,1H3,(H,13,14). The molecule has 0 amide bonds. The van der Waals surface area contributed by atoms with Gasteiger partial charge < -0.3 is 14.6 Å². The molecule has 6 heteroatoms. The normalized spacial score (nSPS) is 20.2. The minimum absolute atomic E-state index is 0.0662. The molecular weight excluding hydrogens is 212 g/mol. The fourth-order valence-corrected chi connectivity index (χ4v) is 1.65. The van der Waals surface area contributed by atoms with E-state index in [-0.39, 0.29) is 18.3 Å². The summed E-state index contributed by atoms with van der Waals surface area (Å²) in [4.78, 5) is 10.9. The number of aromatic nitrogens is 2. The maximum absolute atomic E-state index is 10.9. The Labute approximate surface area is 92.8 Å². The Hall–Kier alpha value is -1.40. The summed E-state index contributed by atoms with van der Waals surface area (Å²) in [6, 6.07) is 0. The van der Waals surface area contributed by atoms with Crippen LogP contribution in [0.4, 0.5) is 0 Å². The van der Waals surface area contributed by atoms with Crippen molar-refractivity contribution in [3.05, 3.63) is 17.5 Å². The lowest BCUT2D eigenvalue weighted by Gasteiger charge is -2.10. The van der Waals surface area contributed by atoms with E-state index < -0.39 is 5.97 Å². The van der Waals surface area contributed by atoms with E-state index in [9.17, 15) is 4.79 Å². The van der Waals surface area contributed by atoms with Crippen molar-refractivity contribution in [2.24, 2.45) is 7.05 Å². The number of carbonyl (C=O) groups is 1. The zero-order valence-electron chi connectivity index (χ0n) is 9.05. The van der Waals surface area contributed by atoms with Crippen LogP contribution in [0.15, 0.2) is 6.20 Å². The average molecular weight is 226 g/mol. The van der Waals surface area contributed by atoms with E-state index in [0.717, 1.165) is 6.42 Å². The van der Waals surface area contributed by atoms with Crippen LogP contribution < -0.4 is 0 Å². The Morgan fingerprint density at radius 1 is 1.81 bits per heavy atom. The van der Waals surface area contributed by atoms with E-state index in [0.29, 0.717) is 18.9 Å². The Kier molecular flexibility index (Phi) is 3.21. The van der Waals surface area contributed by atoms with Crippen LogP contribution in [0.3, 0.4) is 0 Å². The van der Waals surface area contributed by atoms with Gasteiger partial charge in [0.1, 0.15) is 5.56 Å². The van der Waals surface area contributed by atoms with E-state index in [4.69, 9.17) is 14.6 Å². The van der Waals surface area contributed by atoms with E-state index in [1.165, 1.54) is 10.9 Å². The van der Waals surface area contributed by atoms with Crippen LogP contribution in [-0.4, -0.2) is 40.2 Å². The number of ether oxygens (including phenoxy) is 2. The van der Waals surface area contributed by atoms with E-state index in [2.05, 4.69) is 5.10 Å². The molecule has 0 bridgehead atoms. The highest BCUT2D eigenvalue weighted by Gasteiger charge is 2.19. The first kappa shape index (κ1) is 11.1. The lowest BCUT2D eigenvalue weighted by molar-refractivity contribution is 0.0278. The average Bonchev–Trinajstić information content (AvgIpc) is 2.84. The third kappa shape index (κ3) is 2.23. The van der Waals surface area contributed by atoms with Gasteiger partial charge in [-0.2, -0.15) is 5.10 Å². The third-order valence-electron chi connectivity index (χ3n) is 2.64. The number of rotatable bonds is 4. The highest BCUT2D eigenvalue weighted by Crippen LogP contribution is 2.14. The molecule has 1 aliphatic rings. The lowest BCUT2D eigenvalue weighted by Crippen LogP contribution is -2.15. The van der Waals surface area contributed by atoms with Crippen molar-refractivity contribution < 1.29 is 19.4 Å². The van der Waals surface area contributed by atoms with Crippen molar-refractivity contribution in [1.29, 1.82) is 0 Å². The molecular formula is C10H14N2O4. The molecule has 6 nitrogen and oxygen atoms in total. The van der Waals surface area contributed by atoms with Crippen LogP contribution >= 0.6 is 0 Å². The molecule has 1 unspecified atom stereocenters. The topological polar surface area (TPSA) is 73.6 Å². The molecule has 88 valence electrons. The maximum atomic E-state index is 10.9. The lowest BCUT2D eigenvalue weighted by atomic mass is 10.2. The zero-order chi connectivity index (χ0) is 11.5. The molecule has 1 aliphatic heterocycles. The summed E-state index contributed by atoms with van der Waals surface area (Å²) in [7, 11) is 1.70. The summed E-state index contributed by atoms with van der Waals surface area (Å²) in [6.45, 7) is 1.55. The van der Waals surface area contributed by atoms with Crippen LogP contribution in [-0.2, 0) is 23.1 Å². The van der Waals surface area contributed by atoms with Crippen molar-refractivity contribution >= 4 is 5.97 Å². The van der Waals surface area contributed by atoms with E-state index >= 15 is 0 Å². The number of nitrogens with zero attached hydrogens (tertiary/aromatic N) is 2. The summed E-state index contributed by atoms with van der Waals surface area (Å²) in [5, 5.41) is 12.8. The molecule has 0 spiro atoms. The van der Waals surface area contributed by atoms with Gasteiger partial charge in [-0.3, -0.25) is 4.68 Å². The molecule has 2 heterocycles. The number of hydrogen-bond donors (Lipinski definition) is 1. The monoisotopic (exact) mass is 226 g/mol. The highest BCUT2D eigenvalue weighted by molar-refractivity contribution is 5.88. The van der Waals surface area contributed by atoms with Gasteiger partial charge in [-0.25, -0.2) is 4.79 Å². The molecule has 1 aromatic heterocycles. The quantitative estimate of drug-likeness (QED) is 0.805.